The van der Waals surface area contributed by atoms with Crippen molar-refractivity contribution in [3.05, 3.63) is 29.8 Å². The molecule has 1 aromatic carbocycles. The molecule has 0 radical (unpaired) electrons. The smallest absolute Gasteiger partial charge is 0.136 e. The van der Waals surface area contributed by atoms with Crippen LogP contribution in [-0.4, -0.2) is 17.3 Å². The van der Waals surface area contributed by atoms with E-state index in [4.69, 9.17) is 4.74 Å². The SMILES string of the molecule is COc1cccc([C@H](N[SH+]C(C)(C)C)C(C)C)c1.[OH-]. The van der Waals surface area contributed by atoms with Crippen LogP contribution in [0, 0.1) is 5.92 Å². The molecular formula is C15H27NO2S. The molecule has 0 bridgehead atoms. The summed E-state index contributed by atoms with van der Waals surface area (Å²) in [5.41, 5.74) is 1.29. The third-order valence-electron chi connectivity index (χ3n) is 2.66. The van der Waals surface area contributed by atoms with Crippen molar-refractivity contribution in [1.29, 1.82) is 0 Å². The Morgan fingerprint density at radius 2 is 1.84 bits per heavy atom. The molecule has 0 fully saturated rings. The Balaban J connectivity index is 0.00000324. The summed E-state index contributed by atoms with van der Waals surface area (Å²) in [5.74, 6) is 1.47. The highest BCUT2D eigenvalue weighted by Crippen LogP contribution is 2.26. The van der Waals surface area contributed by atoms with Crippen molar-refractivity contribution in [2.24, 2.45) is 5.92 Å². The molecule has 2 N–H and O–H groups in total. The fourth-order valence-electron chi connectivity index (χ4n) is 1.71. The first-order chi connectivity index (χ1) is 8.33. The number of methoxy groups -OCH3 is 1. The summed E-state index contributed by atoms with van der Waals surface area (Å²) in [6.45, 7) is 11.2. The van der Waals surface area contributed by atoms with Crippen LogP contribution in [0.3, 0.4) is 0 Å². The Bertz CT molecular complexity index is 375. The summed E-state index contributed by atoms with van der Waals surface area (Å²) in [4.78, 5) is 0. The highest BCUT2D eigenvalue weighted by atomic mass is 32.2. The molecule has 0 saturated carbocycles. The lowest BCUT2D eigenvalue weighted by Gasteiger charge is -2.21. The van der Waals surface area contributed by atoms with E-state index < -0.39 is 0 Å². The molecular weight excluding hydrogens is 258 g/mol. The first-order valence-electron chi connectivity index (χ1n) is 6.45. The average Bonchev–Trinajstić information content (AvgIpc) is 2.27. The van der Waals surface area contributed by atoms with Gasteiger partial charge in [0.25, 0.3) is 0 Å². The van der Waals surface area contributed by atoms with Crippen LogP contribution < -0.4 is 9.46 Å². The van der Waals surface area contributed by atoms with Crippen LogP contribution in [0.5, 0.6) is 5.75 Å². The van der Waals surface area contributed by atoms with Crippen molar-refractivity contribution in [2.45, 2.75) is 45.4 Å². The summed E-state index contributed by atoms with van der Waals surface area (Å²) >= 11 is 1.27. The Labute approximate surface area is 121 Å². The molecule has 1 rings (SSSR count). The lowest BCUT2D eigenvalue weighted by atomic mass is 9.97. The van der Waals surface area contributed by atoms with E-state index in [0.717, 1.165) is 5.75 Å². The molecule has 0 amide bonds. The minimum atomic E-state index is 0. The molecule has 0 aliphatic rings. The fraction of sp³-hybridized carbons (Fsp3) is 0.600. The molecule has 0 heterocycles. The van der Waals surface area contributed by atoms with Gasteiger partial charge in [0.2, 0.25) is 0 Å². The monoisotopic (exact) mass is 285 g/mol. The Kier molecular flexibility index (Phi) is 7.49. The van der Waals surface area contributed by atoms with Crippen LogP contribution in [0.1, 0.15) is 46.2 Å². The zero-order valence-corrected chi connectivity index (χ0v) is 13.7. The molecule has 0 spiro atoms. The Morgan fingerprint density at radius 1 is 1.21 bits per heavy atom. The van der Waals surface area contributed by atoms with Crippen molar-refractivity contribution < 1.29 is 10.2 Å². The van der Waals surface area contributed by atoms with Crippen LogP contribution in [-0.2, 0) is 11.9 Å². The van der Waals surface area contributed by atoms with Gasteiger partial charge in [-0.05, 0) is 44.4 Å². The summed E-state index contributed by atoms with van der Waals surface area (Å²) in [6, 6.07) is 8.69. The Morgan fingerprint density at radius 3 is 2.32 bits per heavy atom. The van der Waals surface area contributed by atoms with Crippen LogP contribution in [0.15, 0.2) is 24.3 Å². The summed E-state index contributed by atoms with van der Waals surface area (Å²) in [5, 5.41) is 0. The van der Waals surface area contributed by atoms with Crippen molar-refractivity contribution in [2.75, 3.05) is 7.11 Å². The number of nitrogens with one attached hydrogen (secondary N) is 1. The van der Waals surface area contributed by atoms with Gasteiger partial charge in [-0.25, -0.2) is 0 Å². The minimum Gasteiger partial charge on any atom is -0.870 e. The van der Waals surface area contributed by atoms with E-state index in [0.29, 0.717) is 12.0 Å². The topological polar surface area (TPSA) is 51.3 Å². The molecule has 4 heteroatoms. The quantitative estimate of drug-likeness (QED) is 0.667. The maximum atomic E-state index is 5.30. The molecule has 19 heavy (non-hydrogen) atoms. The largest absolute Gasteiger partial charge is 0.870 e. The highest BCUT2D eigenvalue weighted by molar-refractivity contribution is 7.77. The molecule has 0 saturated heterocycles. The van der Waals surface area contributed by atoms with Gasteiger partial charge in [-0.1, -0.05) is 26.0 Å². The second-order valence-corrected chi connectivity index (χ2v) is 7.73. The van der Waals surface area contributed by atoms with Gasteiger partial charge in [0.05, 0.1) is 25.1 Å². The summed E-state index contributed by atoms with van der Waals surface area (Å²) in [7, 11) is 1.71. The third-order valence-corrected chi connectivity index (χ3v) is 3.74. The van der Waals surface area contributed by atoms with E-state index in [2.05, 4.69) is 57.5 Å². The number of hydrogen-bond donors (Lipinski definition) is 1. The van der Waals surface area contributed by atoms with Crippen LogP contribution in [0.2, 0.25) is 0 Å². The van der Waals surface area contributed by atoms with Gasteiger partial charge in [0.1, 0.15) is 10.5 Å². The molecule has 0 aliphatic carbocycles. The van der Waals surface area contributed by atoms with Gasteiger partial charge >= 0.3 is 0 Å². The minimum absolute atomic E-state index is 0. The first kappa shape index (κ1) is 18.3. The Hall–Kier alpha value is -0.710. The highest BCUT2D eigenvalue weighted by Gasteiger charge is 2.25. The predicted molar refractivity (Wildman–Crippen MR) is 84.2 cm³/mol. The predicted octanol–water partition coefficient (Wildman–Crippen LogP) is 3.33. The van der Waals surface area contributed by atoms with Gasteiger partial charge < -0.3 is 10.2 Å². The van der Waals surface area contributed by atoms with E-state index in [9.17, 15) is 0 Å². The number of rotatable bonds is 5. The second-order valence-electron chi connectivity index (χ2n) is 5.91. The van der Waals surface area contributed by atoms with Crippen LogP contribution in [0.25, 0.3) is 0 Å². The maximum Gasteiger partial charge on any atom is 0.136 e. The normalized spacial score (nSPS) is 13.0. The number of hydrogen-bond acceptors (Lipinski definition) is 3. The van der Waals surface area contributed by atoms with E-state index >= 15 is 0 Å². The number of ether oxygens (including phenoxy) is 1. The number of thiol groups is 1. The molecule has 0 aromatic heterocycles. The van der Waals surface area contributed by atoms with Crippen LogP contribution in [0.4, 0.5) is 0 Å². The van der Waals surface area contributed by atoms with Crippen LogP contribution >= 0.6 is 0 Å². The van der Waals surface area contributed by atoms with Gasteiger partial charge in [-0.15, -0.1) is 4.72 Å². The van der Waals surface area contributed by atoms with E-state index in [1.165, 1.54) is 17.5 Å². The zero-order valence-electron chi connectivity index (χ0n) is 12.8. The van der Waals surface area contributed by atoms with Gasteiger partial charge in [0.15, 0.2) is 0 Å². The van der Waals surface area contributed by atoms with Gasteiger partial charge in [-0.3, -0.25) is 0 Å². The molecule has 1 atom stereocenters. The first-order valence-corrected chi connectivity index (χ1v) is 7.34. The summed E-state index contributed by atoms with van der Waals surface area (Å²) < 4.78 is 9.21. The lowest BCUT2D eigenvalue weighted by Crippen LogP contribution is -2.33. The zero-order chi connectivity index (χ0) is 13.8. The van der Waals surface area contributed by atoms with Crippen molar-refractivity contribution in [1.82, 2.24) is 4.72 Å². The molecule has 0 aliphatic heterocycles. The molecule has 0 unspecified atom stereocenters. The molecule has 1 aromatic rings. The second kappa shape index (κ2) is 7.78. The third kappa shape index (κ3) is 6.32. The van der Waals surface area contributed by atoms with E-state index in [-0.39, 0.29) is 10.2 Å². The van der Waals surface area contributed by atoms with Crippen molar-refractivity contribution in [3.8, 4) is 5.75 Å². The van der Waals surface area contributed by atoms with Gasteiger partial charge in [-0.2, -0.15) is 0 Å². The fourth-order valence-corrected chi connectivity index (χ4v) is 2.68. The van der Waals surface area contributed by atoms with Crippen molar-refractivity contribution >= 4 is 11.9 Å². The molecule has 3 nitrogen and oxygen atoms in total. The summed E-state index contributed by atoms with van der Waals surface area (Å²) in [6.07, 6.45) is 0. The lowest BCUT2D eigenvalue weighted by molar-refractivity contribution is 0.411. The standard InChI is InChI=1S/C15H25NOS.H2O/c1-11(2)14(16-18-15(3,4)5)12-8-7-9-13(10-12)17-6;/h7-11,14,16H,1-6H3;1H2/t14-;/m1./s1. The number of benzene rings is 1. The van der Waals surface area contributed by atoms with Gasteiger partial charge in [0, 0.05) is 0 Å². The van der Waals surface area contributed by atoms with E-state index in [1.807, 2.05) is 6.07 Å². The maximum absolute atomic E-state index is 5.30. The van der Waals surface area contributed by atoms with E-state index in [1.54, 1.807) is 7.11 Å². The average molecular weight is 285 g/mol. The van der Waals surface area contributed by atoms with Crippen molar-refractivity contribution in [3.63, 3.8) is 0 Å². The molecule has 110 valence electrons.